The highest BCUT2D eigenvalue weighted by Crippen LogP contribution is 2.23. The number of nitrogens with two attached hydrogens (primary N) is 1. The number of fused-ring (bicyclic) bond motifs is 1. The molecule has 0 aliphatic heterocycles. The number of hydrogen-bond acceptors (Lipinski definition) is 3. The van der Waals surface area contributed by atoms with Crippen LogP contribution in [0.2, 0.25) is 0 Å². The third-order valence-corrected chi connectivity index (χ3v) is 4.42. The molecule has 5 heteroatoms. The summed E-state index contributed by atoms with van der Waals surface area (Å²) in [5, 5.41) is 8.29. The van der Waals surface area contributed by atoms with E-state index in [0.29, 0.717) is 17.7 Å². The number of para-hydroxylation sites is 1. The molecule has 3 rings (SSSR count). The summed E-state index contributed by atoms with van der Waals surface area (Å²) in [6.07, 6.45) is 4.33. The Hall–Kier alpha value is -1.88. The zero-order valence-electron chi connectivity index (χ0n) is 12.4. The Bertz CT molecular complexity index is 641. The number of amides is 1. The Morgan fingerprint density at radius 3 is 2.81 bits per heavy atom. The zero-order chi connectivity index (χ0) is 14.8. The second-order valence-corrected chi connectivity index (χ2v) is 5.98. The maximum Gasteiger partial charge on any atom is 0.272 e. The van der Waals surface area contributed by atoms with Gasteiger partial charge in [0.15, 0.2) is 5.69 Å². The largest absolute Gasteiger partial charge is 0.350 e. The molecule has 1 aliphatic rings. The number of carbonyl (C=O) groups is 1. The topological polar surface area (TPSA) is 72.9 Å². The third-order valence-electron chi connectivity index (χ3n) is 4.42. The van der Waals surface area contributed by atoms with Gasteiger partial charge in [-0.05, 0) is 37.7 Å². The van der Waals surface area contributed by atoms with Crippen LogP contribution in [0.25, 0.3) is 10.9 Å². The lowest BCUT2D eigenvalue weighted by Gasteiger charge is -2.25. The molecule has 1 aliphatic carbocycles. The molecule has 2 aromatic rings. The molecule has 1 heterocycles. The number of nitrogens with one attached hydrogen (secondary N) is 1. The fraction of sp³-hybridized carbons (Fsp3) is 0.500. The van der Waals surface area contributed by atoms with E-state index in [0.717, 1.165) is 43.1 Å². The number of aromatic nitrogens is 2. The Labute approximate surface area is 124 Å². The molecule has 0 spiro atoms. The maximum absolute atomic E-state index is 12.4. The summed E-state index contributed by atoms with van der Waals surface area (Å²) in [7, 11) is 1.86. The summed E-state index contributed by atoms with van der Waals surface area (Å²) in [6.45, 7) is 0.719. The molecule has 1 saturated carbocycles. The minimum absolute atomic E-state index is 0.0818. The average Bonchev–Trinajstić information content (AvgIpc) is 2.84. The van der Waals surface area contributed by atoms with Crippen molar-refractivity contribution >= 4 is 16.8 Å². The minimum Gasteiger partial charge on any atom is -0.350 e. The number of carbonyl (C=O) groups excluding carboxylic acids is 1. The van der Waals surface area contributed by atoms with E-state index in [1.165, 1.54) is 0 Å². The first kappa shape index (κ1) is 14.1. The molecule has 1 aromatic heterocycles. The summed E-state index contributed by atoms with van der Waals surface area (Å²) >= 11 is 0. The Balaban J connectivity index is 1.67. The van der Waals surface area contributed by atoms with E-state index < -0.39 is 0 Å². The lowest BCUT2D eigenvalue weighted by Crippen LogP contribution is -2.34. The summed E-state index contributed by atoms with van der Waals surface area (Å²) < 4.78 is 1.75. The van der Waals surface area contributed by atoms with Crippen molar-refractivity contribution in [3.63, 3.8) is 0 Å². The molecule has 112 valence electrons. The van der Waals surface area contributed by atoms with E-state index in [9.17, 15) is 4.79 Å². The fourth-order valence-corrected chi connectivity index (χ4v) is 3.09. The van der Waals surface area contributed by atoms with Gasteiger partial charge in [-0.3, -0.25) is 9.48 Å². The Kier molecular flexibility index (Phi) is 3.92. The van der Waals surface area contributed by atoms with Crippen LogP contribution in [0.3, 0.4) is 0 Å². The SMILES string of the molecule is Cn1nc(C(=O)NCC2CCC(N)CC2)c2ccccc21. The molecule has 1 fully saturated rings. The van der Waals surface area contributed by atoms with Crippen LogP contribution in [0.15, 0.2) is 24.3 Å². The molecule has 1 amide bonds. The van der Waals surface area contributed by atoms with E-state index in [2.05, 4.69) is 10.4 Å². The van der Waals surface area contributed by atoms with Gasteiger partial charge >= 0.3 is 0 Å². The highest BCUT2D eigenvalue weighted by Gasteiger charge is 2.21. The highest BCUT2D eigenvalue weighted by atomic mass is 16.1. The van der Waals surface area contributed by atoms with Crippen LogP contribution in [0.5, 0.6) is 0 Å². The molecule has 1 aromatic carbocycles. The second kappa shape index (κ2) is 5.85. The normalized spacial score (nSPS) is 22.4. The van der Waals surface area contributed by atoms with Crippen LogP contribution in [0.1, 0.15) is 36.2 Å². The van der Waals surface area contributed by atoms with Gasteiger partial charge in [0.25, 0.3) is 5.91 Å². The molecule has 5 nitrogen and oxygen atoms in total. The summed E-state index contributed by atoms with van der Waals surface area (Å²) in [5.74, 6) is 0.463. The van der Waals surface area contributed by atoms with E-state index in [1.54, 1.807) is 4.68 Å². The first-order chi connectivity index (χ1) is 10.1. The van der Waals surface area contributed by atoms with Crippen molar-refractivity contribution in [1.82, 2.24) is 15.1 Å². The number of nitrogens with zero attached hydrogens (tertiary/aromatic N) is 2. The first-order valence-corrected chi connectivity index (χ1v) is 7.60. The predicted octanol–water partition coefficient (Wildman–Crippen LogP) is 1.82. The van der Waals surface area contributed by atoms with Gasteiger partial charge in [0.1, 0.15) is 0 Å². The molecular formula is C16H22N4O. The van der Waals surface area contributed by atoms with Crippen LogP contribution in [0, 0.1) is 5.92 Å². The van der Waals surface area contributed by atoms with Crippen LogP contribution < -0.4 is 11.1 Å². The monoisotopic (exact) mass is 286 g/mol. The quantitative estimate of drug-likeness (QED) is 0.904. The van der Waals surface area contributed by atoms with Crippen LogP contribution in [0.4, 0.5) is 0 Å². The minimum atomic E-state index is -0.0818. The smallest absolute Gasteiger partial charge is 0.272 e. The fourth-order valence-electron chi connectivity index (χ4n) is 3.09. The summed E-state index contributed by atoms with van der Waals surface area (Å²) in [5.41, 5.74) is 7.40. The Morgan fingerprint density at radius 1 is 1.33 bits per heavy atom. The maximum atomic E-state index is 12.4. The van der Waals surface area contributed by atoms with Gasteiger partial charge in [-0.1, -0.05) is 18.2 Å². The molecule has 0 bridgehead atoms. The van der Waals surface area contributed by atoms with Gasteiger partial charge in [0, 0.05) is 25.0 Å². The van der Waals surface area contributed by atoms with E-state index in [4.69, 9.17) is 5.73 Å². The Morgan fingerprint density at radius 2 is 2.05 bits per heavy atom. The van der Waals surface area contributed by atoms with Gasteiger partial charge < -0.3 is 11.1 Å². The van der Waals surface area contributed by atoms with Crippen LogP contribution >= 0.6 is 0 Å². The molecule has 0 atom stereocenters. The van der Waals surface area contributed by atoms with E-state index >= 15 is 0 Å². The molecule has 0 unspecified atom stereocenters. The first-order valence-electron chi connectivity index (χ1n) is 7.60. The van der Waals surface area contributed by atoms with E-state index in [1.807, 2.05) is 31.3 Å². The second-order valence-electron chi connectivity index (χ2n) is 5.98. The van der Waals surface area contributed by atoms with Crippen LogP contribution in [-0.4, -0.2) is 28.3 Å². The predicted molar refractivity (Wildman–Crippen MR) is 83.0 cm³/mol. The van der Waals surface area contributed by atoms with Gasteiger partial charge in [-0.15, -0.1) is 0 Å². The number of benzene rings is 1. The molecule has 0 radical (unpaired) electrons. The van der Waals surface area contributed by atoms with Gasteiger partial charge in [0.2, 0.25) is 0 Å². The van der Waals surface area contributed by atoms with Gasteiger partial charge in [-0.25, -0.2) is 0 Å². The zero-order valence-corrected chi connectivity index (χ0v) is 12.4. The van der Waals surface area contributed by atoms with Crippen molar-refractivity contribution < 1.29 is 4.79 Å². The third kappa shape index (κ3) is 2.93. The lowest BCUT2D eigenvalue weighted by molar-refractivity contribution is 0.0939. The van der Waals surface area contributed by atoms with Crippen molar-refractivity contribution in [3.8, 4) is 0 Å². The molecule has 21 heavy (non-hydrogen) atoms. The molecular weight excluding hydrogens is 264 g/mol. The summed E-state index contributed by atoms with van der Waals surface area (Å²) in [4.78, 5) is 12.4. The molecule has 3 N–H and O–H groups in total. The van der Waals surface area contributed by atoms with Gasteiger partial charge in [0.05, 0.1) is 5.52 Å². The van der Waals surface area contributed by atoms with Crippen LogP contribution in [-0.2, 0) is 7.05 Å². The number of hydrogen-bond donors (Lipinski definition) is 2. The van der Waals surface area contributed by atoms with E-state index in [-0.39, 0.29) is 5.91 Å². The number of rotatable bonds is 3. The van der Waals surface area contributed by atoms with Crippen molar-refractivity contribution in [1.29, 1.82) is 0 Å². The van der Waals surface area contributed by atoms with Crippen molar-refractivity contribution in [2.24, 2.45) is 18.7 Å². The average molecular weight is 286 g/mol. The van der Waals surface area contributed by atoms with Crippen molar-refractivity contribution in [2.75, 3.05) is 6.54 Å². The number of aryl methyl sites for hydroxylation is 1. The van der Waals surface area contributed by atoms with Crippen molar-refractivity contribution in [3.05, 3.63) is 30.0 Å². The highest BCUT2D eigenvalue weighted by molar-refractivity contribution is 6.04. The van der Waals surface area contributed by atoms with Gasteiger partial charge in [-0.2, -0.15) is 5.10 Å². The summed E-state index contributed by atoms with van der Waals surface area (Å²) in [6, 6.07) is 8.15. The van der Waals surface area contributed by atoms with Crippen molar-refractivity contribution in [2.45, 2.75) is 31.7 Å². The standard InChI is InChI=1S/C16H22N4O/c1-20-14-5-3-2-4-13(14)15(19-20)16(21)18-10-11-6-8-12(17)9-7-11/h2-5,11-12H,6-10,17H2,1H3,(H,18,21). The molecule has 0 saturated heterocycles. The lowest BCUT2D eigenvalue weighted by atomic mass is 9.86.